The minimum atomic E-state index is -0.400. The summed E-state index contributed by atoms with van der Waals surface area (Å²) in [6.45, 7) is 0.655. The molecule has 4 rings (SSSR count). The first-order valence-electron chi connectivity index (χ1n) is 10.2. The van der Waals surface area contributed by atoms with E-state index >= 15 is 0 Å². The average Bonchev–Trinajstić information content (AvgIpc) is 3.29. The van der Waals surface area contributed by atoms with Crippen LogP contribution in [0.2, 0.25) is 0 Å². The van der Waals surface area contributed by atoms with Crippen LogP contribution in [-0.4, -0.2) is 24.4 Å². The third-order valence-electron chi connectivity index (χ3n) is 6.33. The first-order valence-corrected chi connectivity index (χ1v) is 10.2. The molecule has 152 valence electrons. The third kappa shape index (κ3) is 4.27. The summed E-state index contributed by atoms with van der Waals surface area (Å²) in [4.78, 5) is 26.4. The molecule has 0 saturated heterocycles. The zero-order valence-electron chi connectivity index (χ0n) is 16.5. The van der Waals surface area contributed by atoms with Gasteiger partial charge in [-0.15, -0.1) is 0 Å². The van der Waals surface area contributed by atoms with Crippen molar-refractivity contribution >= 4 is 23.2 Å². The highest BCUT2D eigenvalue weighted by Crippen LogP contribution is 2.47. The second kappa shape index (κ2) is 8.25. The number of nitrogens with one attached hydrogen (secondary N) is 1. The van der Waals surface area contributed by atoms with E-state index in [0.717, 1.165) is 30.5 Å². The van der Waals surface area contributed by atoms with Gasteiger partial charge >= 0.3 is 0 Å². The Bertz CT molecular complexity index is 883. The number of hydrogen-bond acceptors (Lipinski definition) is 4. The van der Waals surface area contributed by atoms with E-state index in [0.29, 0.717) is 24.1 Å². The van der Waals surface area contributed by atoms with Gasteiger partial charge in [0.2, 0.25) is 11.8 Å². The molecule has 0 radical (unpaired) electrons. The molecule has 2 aromatic carbocycles. The van der Waals surface area contributed by atoms with Crippen LogP contribution in [0.25, 0.3) is 0 Å². The van der Waals surface area contributed by atoms with Crippen molar-refractivity contribution in [2.24, 2.45) is 29.2 Å². The summed E-state index contributed by atoms with van der Waals surface area (Å²) in [5, 5.41) is 3.05. The van der Waals surface area contributed by atoms with Crippen LogP contribution in [0.15, 0.2) is 54.6 Å². The Morgan fingerprint density at radius 2 is 1.79 bits per heavy atom. The van der Waals surface area contributed by atoms with Crippen molar-refractivity contribution in [3.8, 4) is 0 Å². The molecule has 2 aliphatic rings. The van der Waals surface area contributed by atoms with E-state index in [2.05, 4.69) is 5.32 Å². The quantitative estimate of drug-likeness (QED) is 0.674. The van der Waals surface area contributed by atoms with Crippen molar-refractivity contribution in [3.63, 3.8) is 0 Å². The van der Waals surface area contributed by atoms with E-state index in [1.54, 1.807) is 0 Å². The van der Waals surface area contributed by atoms with Crippen LogP contribution in [0, 0.1) is 17.8 Å². The molecule has 2 aromatic rings. The van der Waals surface area contributed by atoms with Crippen molar-refractivity contribution in [2.75, 3.05) is 16.8 Å². The molecule has 2 fully saturated rings. The third-order valence-corrected chi connectivity index (χ3v) is 6.33. The Balaban J connectivity index is 1.50. The average molecular weight is 393 g/mol. The lowest BCUT2D eigenvalue weighted by molar-refractivity contribution is -0.121. The minimum Gasteiger partial charge on any atom is -0.368 e. The monoisotopic (exact) mass is 392 g/mol. The Kier molecular flexibility index (Phi) is 5.53. The molecule has 2 bridgehead atoms. The normalized spacial score (nSPS) is 25.0. The lowest BCUT2D eigenvalue weighted by atomic mass is 9.84. The SMILES string of the molecule is NC(=O)CN(Cc1ccccc1)c1cccc(NC(=O)C2C3CCC(C3)C2N)c1. The Morgan fingerprint density at radius 1 is 1.03 bits per heavy atom. The molecule has 0 aromatic heterocycles. The lowest BCUT2D eigenvalue weighted by Crippen LogP contribution is -2.42. The highest BCUT2D eigenvalue weighted by Gasteiger charge is 2.49. The van der Waals surface area contributed by atoms with Gasteiger partial charge in [0.25, 0.3) is 0 Å². The van der Waals surface area contributed by atoms with Crippen LogP contribution < -0.4 is 21.7 Å². The molecule has 29 heavy (non-hydrogen) atoms. The molecule has 4 unspecified atom stereocenters. The van der Waals surface area contributed by atoms with Crippen molar-refractivity contribution in [1.82, 2.24) is 0 Å². The van der Waals surface area contributed by atoms with Crippen molar-refractivity contribution < 1.29 is 9.59 Å². The smallest absolute Gasteiger partial charge is 0.236 e. The summed E-state index contributed by atoms with van der Waals surface area (Å²) in [6, 6.07) is 17.4. The molecule has 6 heteroatoms. The molecule has 4 atom stereocenters. The number of carbonyl (C=O) groups excluding carboxylic acids is 2. The van der Waals surface area contributed by atoms with Gasteiger partial charge in [-0.1, -0.05) is 36.4 Å². The predicted molar refractivity (Wildman–Crippen MR) is 114 cm³/mol. The number of nitrogens with two attached hydrogens (primary N) is 2. The van der Waals surface area contributed by atoms with Gasteiger partial charge in [-0.2, -0.15) is 0 Å². The summed E-state index contributed by atoms with van der Waals surface area (Å²) in [6.07, 6.45) is 3.31. The number of nitrogens with zero attached hydrogens (tertiary/aromatic N) is 1. The van der Waals surface area contributed by atoms with E-state index in [1.807, 2.05) is 59.5 Å². The zero-order chi connectivity index (χ0) is 20.4. The van der Waals surface area contributed by atoms with Gasteiger partial charge < -0.3 is 21.7 Å². The Labute approximate surface area is 171 Å². The summed E-state index contributed by atoms with van der Waals surface area (Å²) in [7, 11) is 0. The fourth-order valence-corrected chi connectivity index (χ4v) is 4.96. The maximum atomic E-state index is 12.9. The van der Waals surface area contributed by atoms with Gasteiger partial charge in [0.1, 0.15) is 0 Å². The largest absolute Gasteiger partial charge is 0.368 e. The number of benzene rings is 2. The number of rotatable bonds is 7. The van der Waals surface area contributed by atoms with Gasteiger partial charge in [-0.05, 0) is 54.9 Å². The molecular weight excluding hydrogens is 364 g/mol. The molecule has 0 spiro atoms. The first kappa shape index (κ1) is 19.5. The molecule has 0 heterocycles. The van der Waals surface area contributed by atoms with Gasteiger partial charge in [-0.3, -0.25) is 9.59 Å². The van der Waals surface area contributed by atoms with Gasteiger partial charge in [0, 0.05) is 24.0 Å². The molecule has 0 aliphatic heterocycles. The van der Waals surface area contributed by atoms with Crippen LogP contribution in [0.5, 0.6) is 0 Å². The number of fused-ring (bicyclic) bond motifs is 2. The number of anilines is 2. The highest BCUT2D eigenvalue weighted by molar-refractivity contribution is 5.94. The van der Waals surface area contributed by atoms with Gasteiger partial charge in [-0.25, -0.2) is 0 Å². The number of carbonyl (C=O) groups is 2. The Hall–Kier alpha value is -2.86. The van der Waals surface area contributed by atoms with Gasteiger partial charge in [0.15, 0.2) is 0 Å². The molecule has 5 N–H and O–H groups in total. The maximum absolute atomic E-state index is 12.9. The van der Waals surface area contributed by atoms with Crippen LogP contribution in [-0.2, 0) is 16.1 Å². The minimum absolute atomic E-state index is 0.00589. The van der Waals surface area contributed by atoms with E-state index < -0.39 is 5.91 Å². The van der Waals surface area contributed by atoms with E-state index in [9.17, 15) is 9.59 Å². The topological polar surface area (TPSA) is 101 Å². The number of amides is 2. The molecular formula is C23H28N4O2. The Morgan fingerprint density at radius 3 is 2.48 bits per heavy atom. The summed E-state index contributed by atoms with van der Waals surface area (Å²) in [5.41, 5.74) is 14.4. The summed E-state index contributed by atoms with van der Waals surface area (Å²) < 4.78 is 0. The van der Waals surface area contributed by atoms with Crippen LogP contribution in [0.3, 0.4) is 0 Å². The second-order valence-electron chi connectivity index (χ2n) is 8.28. The van der Waals surface area contributed by atoms with Crippen molar-refractivity contribution in [2.45, 2.75) is 31.8 Å². The summed E-state index contributed by atoms with van der Waals surface area (Å²) in [5.74, 6) is 0.389. The summed E-state index contributed by atoms with van der Waals surface area (Å²) >= 11 is 0. The van der Waals surface area contributed by atoms with Gasteiger partial charge in [0.05, 0.1) is 12.5 Å². The zero-order valence-corrected chi connectivity index (χ0v) is 16.5. The fraction of sp³-hybridized carbons (Fsp3) is 0.391. The molecule has 2 aliphatic carbocycles. The van der Waals surface area contributed by atoms with Crippen LogP contribution >= 0.6 is 0 Å². The van der Waals surface area contributed by atoms with E-state index in [1.165, 1.54) is 0 Å². The maximum Gasteiger partial charge on any atom is 0.236 e. The second-order valence-corrected chi connectivity index (χ2v) is 8.28. The van der Waals surface area contributed by atoms with Crippen LogP contribution in [0.1, 0.15) is 24.8 Å². The van der Waals surface area contributed by atoms with Crippen LogP contribution in [0.4, 0.5) is 11.4 Å². The molecule has 2 saturated carbocycles. The number of primary amides is 1. The number of hydrogen-bond donors (Lipinski definition) is 3. The van der Waals surface area contributed by atoms with E-state index in [4.69, 9.17) is 11.5 Å². The van der Waals surface area contributed by atoms with E-state index in [-0.39, 0.29) is 24.4 Å². The van der Waals surface area contributed by atoms with Crippen molar-refractivity contribution in [1.29, 1.82) is 0 Å². The highest BCUT2D eigenvalue weighted by atomic mass is 16.2. The predicted octanol–water partition coefficient (Wildman–Crippen LogP) is 2.49. The van der Waals surface area contributed by atoms with Crippen molar-refractivity contribution in [3.05, 3.63) is 60.2 Å². The molecule has 2 amide bonds. The first-order chi connectivity index (χ1) is 14.0. The standard InChI is InChI=1S/C23H28N4O2/c24-20(28)14-27(13-15-5-2-1-3-6-15)19-8-4-7-18(12-19)26-23(29)21-16-9-10-17(11-16)22(21)25/h1-8,12,16-17,21-22H,9-11,13-14,25H2,(H2,24,28)(H,26,29). The molecule has 6 nitrogen and oxygen atoms in total. The lowest BCUT2D eigenvalue weighted by Gasteiger charge is -2.27. The fourth-order valence-electron chi connectivity index (χ4n) is 4.96.